The third kappa shape index (κ3) is 4.43. The first-order valence-corrected chi connectivity index (χ1v) is 7.05. The highest BCUT2D eigenvalue weighted by atomic mass is 35.5. The van der Waals surface area contributed by atoms with Crippen molar-refractivity contribution in [1.29, 1.82) is 0 Å². The molecule has 2 amide bonds. The largest absolute Gasteiger partial charge is 0.333 e. The van der Waals surface area contributed by atoms with E-state index in [2.05, 4.69) is 17.6 Å². The Balaban J connectivity index is 3.05. The van der Waals surface area contributed by atoms with Crippen molar-refractivity contribution in [1.82, 2.24) is 5.32 Å². The van der Waals surface area contributed by atoms with Crippen LogP contribution >= 0.6 is 11.6 Å². The van der Waals surface area contributed by atoms with E-state index in [1.54, 1.807) is 0 Å². The number of amides is 2. The molecule has 1 aromatic carbocycles. The second kappa shape index (κ2) is 6.29. The fourth-order valence-electron chi connectivity index (χ4n) is 1.95. The number of aryl methyl sites for hydroxylation is 1. The monoisotopic (exact) mass is 282 g/mol. The van der Waals surface area contributed by atoms with E-state index in [0.717, 1.165) is 29.7 Å². The molecule has 0 atom stereocenters. The summed E-state index contributed by atoms with van der Waals surface area (Å²) in [5.41, 5.74) is 2.68. The Morgan fingerprint density at radius 2 is 1.84 bits per heavy atom. The number of benzene rings is 1. The van der Waals surface area contributed by atoms with Crippen LogP contribution in [0.4, 0.5) is 10.5 Å². The molecule has 2 N–H and O–H groups in total. The topological polar surface area (TPSA) is 41.1 Å². The van der Waals surface area contributed by atoms with Gasteiger partial charge in [0.25, 0.3) is 0 Å². The number of hydrogen-bond acceptors (Lipinski definition) is 1. The molecule has 1 aromatic rings. The highest BCUT2D eigenvalue weighted by molar-refractivity contribution is 6.31. The molecule has 0 unspecified atom stereocenters. The lowest BCUT2D eigenvalue weighted by Gasteiger charge is -2.22. The molecule has 1 rings (SSSR count). The molecule has 0 saturated carbocycles. The summed E-state index contributed by atoms with van der Waals surface area (Å²) in [5.74, 6) is 0. The molecule has 0 aliphatic carbocycles. The summed E-state index contributed by atoms with van der Waals surface area (Å²) in [4.78, 5) is 12.0. The molecule has 0 saturated heterocycles. The number of rotatable bonds is 3. The van der Waals surface area contributed by atoms with Gasteiger partial charge in [0.05, 0.1) is 5.69 Å². The van der Waals surface area contributed by atoms with E-state index in [-0.39, 0.29) is 11.6 Å². The quantitative estimate of drug-likeness (QED) is 0.848. The highest BCUT2D eigenvalue weighted by Gasteiger charge is 2.17. The van der Waals surface area contributed by atoms with Crippen molar-refractivity contribution in [3.05, 3.63) is 28.3 Å². The van der Waals surface area contributed by atoms with Crippen molar-refractivity contribution in [2.75, 3.05) is 5.32 Å². The first-order chi connectivity index (χ1) is 8.78. The average Bonchev–Trinajstić information content (AvgIpc) is 2.27. The van der Waals surface area contributed by atoms with Crippen molar-refractivity contribution in [2.24, 2.45) is 0 Å². The van der Waals surface area contributed by atoms with Crippen molar-refractivity contribution < 1.29 is 4.79 Å². The molecule has 4 heteroatoms. The number of hydrogen-bond donors (Lipinski definition) is 2. The molecule has 3 nitrogen and oxygen atoms in total. The van der Waals surface area contributed by atoms with Crippen LogP contribution < -0.4 is 10.6 Å². The van der Waals surface area contributed by atoms with E-state index in [1.807, 2.05) is 39.8 Å². The fraction of sp³-hybridized carbons (Fsp3) is 0.533. The standard InChI is InChI=1S/C15H23ClN2O/c1-6-10-8-9-12(16)11(7-2)13(10)17-14(19)18-15(3,4)5/h8-9H,6-7H2,1-5H3,(H2,17,18,19). The zero-order valence-electron chi connectivity index (χ0n) is 12.4. The molecule has 0 spiro atoms. The first-order valence-electron chi connectivity index (χ1n) is 6.68. The van der Waals surface area contributed by atoms with Gasteiger partial charge in [-0.2, -0.15) is 0 Å². The second-order valence-corrected chi connectivity index (χ2v) is 6.00. The summed E-state index contributed by atoms with van der Waals surface area (Å²) < 4.78 is 0. The number of nitrogens with one attached hydrogen (secondary N) is 2. The van der Waals surface area contributed by atoms with Crippen LogP contribution in [-0.2, 0) is 12.8 Å². The lowest BCUT2D eigenvalue weighted by molar-refractivity contribution is 0.244. The van der Waals surface area contributed by atoms with Crippen LogP contribution in [0.2, 0.25) is 5.02 Å². The lowest BCUT2D eigenvalue weighted by atomic mass is 10.0. The van der Waals surface area contributed by atoms with Crippen molar-refractivity contribution in [2.45, 2.75) is 53.0 Å². The van der Waals surface area contributed by atoms with Crippen LogP contribution in [-0.4, -0.2) is 11.6 Å². The van der Waals surface area contributed by atoms with Crippen molar-refractivity contribution in [3.8, 4) is 0 Å². The van der Waals surface area contributed by atoms with Crippen molar-refractivity contribution >= 4 is 23.3 Å². The van der Waals surface area contributed by atoms with Gasteiger partial charge in [0.1, 0.15) is 0 Å². The van der Waals surface area contributed by atoms with Gasteiger partial charge in [-0.25, -0.2) is 4.79 Å². The molecular formula is C15H23ClN2O. The summed E-state index contributed by atoms with van der Waals surface area (Å²) in [5, 5.41) is 6.54. The van der Waals surface area contributed by atoms with Crippen LogP contribution in [0.15, 0.2) is 12.1 Å². The molecule has 0 aliphatic heterocycles. The average molecular weight is 283 g/mol. The van der Waals surface area contributed by atoms with E-state index >= 15 is 0 Å². The van der Waals surface area contributed by atoms with Crippen LogP contribution in [0.5, 0.6) is 0 Å². The maximum absolute atomic E-state index is 12.0. The van der Waals surface area contributed by atoms with Gasteiger partial charge >= 0.3 is 6.03 Å². The number of anilines is 1. The Morgan fingerprint density at radius 1 is 1.21 bits per heavy atom. The lowest BCUT2D eigenvalue weighted by Crippen LogP contribution is -2.43. The molecular weight excluding hydrogens is 260 g/mol. The van der Waals surface area contributed by atoms with Gasteiger partial charge in [0.2, 0.25) is 0 Å². The molecule has 0 bridgehead atoms. The van der Waals surface area contributed by atoms with Gasteiger partial charge in [-0.15, -0.1) is 0 Å². The van der Waals surface area contributed by atoms with E-state index in [0.29, 0.717) is 5.02 Å². The van der Waals surface area contributed by atoms with Crippen LogP contribution in [0.3, 0.4) is 0 Å². The van der Waals surface area contributed by atoms with Gasteiger partial charge in [0.15, 0.2) is 0 Å². The minimum absolute atomic E-state index is 0.195. The molecule has 0 aliphatic rings. The van der Waals surface area contributed by atoms with Gasteiger partial charge in [-0.05, 0) is 50.8 Å². The molecule has 106 valence electrons. The van der Waals surface area contributed by atoms with Crippen molar-refractivity contribution in [3.63, 3.8) is 0 Å². The Kier molecular flexibility index (Phi) is 5.24. The summed E-state index contributed by atoms with van der Waals surface area (Å²) in [6.45, 7) is 9.95. The fourth-order valence-corrected chi connectivity index (χ4v) is 2.24. The first kappa shape index (κ1) is 15.8. The number of carbonyl (C=O) groups is 1. The van der Waals surface area contributed by atoms with Crippen LogP contribution in [0.25, 0.3) is 0 Å². The smallest absolute Gasteiger partial charge is 0.319 e. The number of urea groups is 1. The normalized spacial score (nSPS) is 11.3. The van der Waals surface area contributed by atoms with E-state index in [9.17, 15) is 4.79 Å². The molecule has 0 aromatic heterocycles. The van der Waals surface area contributed by atoms with Crippen LogP contribution in [0.1, 0.15) is 45.7 Å². The van der Waals surface area contributed by atoms with E-state index < -0.39 is 0 Å². The van der Waals surface area contributed by atoms with Gasteiger partial charge in [0, 0.05) is 10.6 Å². The summed E-state index contributed by atoms with van der Waals surface area (Å²) >= 11 is 6.20. The number of halogens is 1. The highest BCUT2D eigenvalue weighted by Crippen LogP contribution is 2.29. The third-order valence-electron chi connectivity index (χ3n) is 2.80. The maximum Gasteiger partial charge on any atom is 0.319 e. The minimum atomic E-state index is -0.262. The van der Waals surface area contributed by atoms with Gasteiger partial charge < -0.3 is 10.6 Å². The Bertz CT molecular complexity index is 464. The van der Waals surface area contributed by atoms with Gasteiger partial charge in [-0.1, -0.05) is 31.5 Å². The zero-order valence-corrected chi connectivity index (χ0v) is 13.1. The number of carbonyl (C=O) groups excluding carboxylic acids is 1. The second-order valence-electron chi connectivity index (χ2n) is 5.60. The summed E-state index contributed by atoms with van der Waals surface area (Å²) in [6.07, 6.45) is 1.65. The summed E-state index contributed by atoms with van der Waals surface area (Å²) in [6, 6.07) is 3.67. The predicted molar refractivity (Wildman–Crippen MR) is 82.1 cm³/mol. The molecule has 0 fully saturated rings. The van der Waals surface area contributed by atoms with Gasteiger partial charge in [-0.3, -0.25) is 0 Å². The Labute approximate surface area is 120 Å². The molecule has 0 radical (unpaired) electrons. The Morgan fingerprint density at radius 3 is 2.32 bits per heavy atom. The SMILES string of the molecule is CCc1ccc(Cl)c(CC)c1NC(=O)NC(C)(C)C. The molecule has 0 heterocycles. The Hall–Kier alpha value is -1.22. The van der Waals surface area contributed by atoms with E-state index in [4.69, 9.17) is 11.6 Å². The maximum atomic E-state index is 12.0. The summed E-state index contributed by atoms with van der Waals surface area (Å²) in [7, 11) is 0. The minimum Gasteiger partial charge on any atom is -0.333 e. The van der Waals surface area contributed by atoms with E-state index in [1.165, 1.54) is 0 Å². The zero-order chi connectivity index (χ0) is 14.6. The molecule has 19 heavy (non-hydrogen) atoms. The van der Waals surface area contributed by atoms with Crippen LogP contribution in [0, 0.1) is 0 Å². The predicted octanol–water partition coefficient (Wildman–Crippen LogP) is 4.38. The third-order valence-corrected chi connectivity index (χ3v) is 3.16.